The molecular weight excluding hydrogens is 691 g/mol. The topological polar surface area (TPSA) is 161 Å². The molecule has 5 heterocycles. The Morgan fingerprint density at radius 1 is 1.08 bits per heavy atom. The Bertz CT molecular complexity index is 2300. The molecule has 1 aromatic carbocycles. The number of halogens is 4. The zero-order valence-electron chi connectivity index (χ0n) is 27.6. The Kier molecular flexibility index (Phi) is 8.31. The Labute approximate surface area is 293 Å². The zero-order valence-corrected chi connectivity index (χ0v) is 28.4. The number of amides is 2. The number of anilines is 1. The molecule has 7 rings (SSSR count). The first-order valence-corrected chi connectivity index (χ1v) is 16.5. The van der Waals surface area contributed by atoms with E-state index in [1.807, 2.05) is 6.92 Å². The fourth-order valence-electron chi connectivity index (χ4n) is 7.34. The number of hydrogen-bond donors (Lipinski definition) is 2. The van der Waals surface area contributed by atoms with Gasteiger partial charge < -0.3 is 19.9 Å². The number of rotatable bonds is 5. The van der Waals surface area contributed by atoms with Crippen LogP contribution in [0.4, 0.5) is 18.9 Å². The van der Waals surface area contributed by atoms with Crippen molar-refractivity contribution >= 4 is 40.3 Å². The van der Waals surface area contributed by atoms with Gasteiger partial charge in [0.15, 0.2) is 22.6 Å². The largest absolute Gasteiger partial charge is 0.504 e. The molecule has 2 aliphatic rings. The minimum Gasteiger partial charge on any atom is -0.504 e. The minimum absolute atomic E-state index is 0.00834. The maximum atomic E-state index is 14.5. The zero-order chi connectivity index (χ0) is 36.4. The first-order chi connectivity index (χ1) is 24.2. The number of aryl methyl sites for hydroxylation is 2. The highest BCUT2D eigenvalue weighted by Gasteiger charge is 2.49. The molecule has 0 bridgehead atoms. The molecule has 2 N–H and O–H groups in total. The number of aromatic hydroxyl groups is 1. The highest BCUT2D eigenvalue weighted by Crippen LogP contribution is 2.51. The highest BCUT2D eigenvalue weighted by molar-refractivity contribution is 6.33. The number of piperidine rings is 1. The third-order valence-corrected chi connectivity index (χ3v) is 10.0. The number of benzene rings is 1. The summed E-state index contributed by atoms with van der Waals surface area (Å²) >= 11 is 6.14. The van der Waals surface area contributed by atoms with E-state index in [1.54, 1.807) is 41.6 Å². The van der Waals surface area contributed by atoms with Crippen LogP contribution >= 0.6 is 11.6 Å². The first kappa shape index (κ1) is 34.1. The summed E-state index contributed by atoms with van der Waals surface area (Å²) in [5.74, 6) is -1.55. The van der Waals surface area contributed by atoms with E-state index in [4.69, 9.17) is 11.6 Å². The van der Waals surface area contributed by atoms with Gasteiger partial charge in [0.2, 0.25) is 11.3 Å². The van der Waals surface area contributed by atoms with Crippen LogP contribution in [0.25, 0.3) is 16.9 Å². The predicted octanol–water partition coefficient (Wildman–Crippen LogP) is 5.08. The van der Waals surface area contributed by atoms with Crippen LogP contribution in [-0.4, -0.2) is 69.4 Å². The van der Waals surface area contributed by atoms with Gasteiger partial charge in [-0.05, 0) is 69.4 Å². The quantitative estimate of drug-likeness (QED) is 0.252. The van der Waals surface area contributed by atoms with E-state index in [0.717, 1.165) is 18.2 Å². The van der Waals surface area contributed by atoms with Crippen molar-refractivity contribution in [2.24, 2.45) is 0 Å². The average molecular weight is 722 g/mol. The number of nitrogens with zero attached hydrogens (tertiary/aromatic N) is 8. The molecule has 13 nitrogen and oxygen atoms in total. The number of aromatic nitrogens is 7. The Hall–Kier alpha value is -5.38. The maximum Gasteiger partial charge on any atom is 0.416 e. The maximum absolute atomic E-state index is 14.5. The summed E-state index contributed by atoms with van der Waals surface area (Å²) < 4.78 is 41.3. The van der Waals surface area contributed by atoms with Gasteiger partial charge in [-0.3, -0.25) is 19.4 Å². The number of pyridine rings is 2. The van der Waals surface area contributed by atoms with Crippen molar-refractivity contribution in [2.75, 3.05) is 18.4 Å². The van der Waals surface area contributed by atoms with Crippen LogP contribution in [-0.2, 0) is 22.9 Å². The lowest BCUT2D eigenvalue weighted by Gasteiger charge is -2.39. The number of likely N-dealkylation sites (tertiary alicyclic amines) is 1. The Balaban J connectivity index is 1.28. The van der Waals surface area contributed by atoms with Crippen LogP contribution in [0.3, 0.4) is 0 Å². The molecule has 0 radical (unpaired) electrons. The molecule has 1 aliphatic heterocycles. The molecule has 0 unspecified atom stereocenters. The van der Waals surface area contributed by atoms with Crippen LogP contribution < -0.4 is 10.7 Å². The lowest BCUT2D eigenvalue weighted by molar-refractivity contribution is -0.137. The number of hydrogen-bond acceptors (Lipinski definition) is 9. The molecule has 2 amide bonds. The van der Waals surface area contributed by atoms with Gasteiger partial charge in [-0.1, -0.05) is 18.5 Å². The molecule has 51 heavy (non-hydrogen) atoms. The number of alkyl halides is 3. The molecule has 1 fully saturated rings. The van der Waals surface area contributed by atoms with Crippen LogP contribution in [0.1, 0.15) is 70.8 Å². The molecule has 264 valence electrons. The van der Waals surface area contributed by atoms with Gasteiger partial charge >= 0.3 is 6.18 Å². The van der Waals surface area contributed by atoms with E-state index in [9.17, 15) is 32.7 Å². The highest BCUT2D eigenvalue weighted by atomic mass is 35.5. The molecule has 1 saturated heterocycles. The molecular formula is C34H31ClF3N9O4. The van der Waals surface area contributed by atoms with Crippen LogP contribution in [0.2, 0.25) is 5.02 Å². The molecule has 1 aliphatic carbocycles. The van der Waals surface area contributed by atoms with Gasteiger partial charge in [-0.15, -0.1) is 15.0 Å². The lowest BCUT2D eigenvalue weighted by atomic mass is 9.73. The molecule has 1 spiro atoms. The number of nitrogens with one attached hydrogen (secondary N) is 1. The standard InChI is InChI=1S/C34H31ClF3N9O4/c1-17-14-33(7-10-45(11-8-33)32(51)27-29(49)19(3)40-16-41-27)25-28(17)46(15-24(48)42-23-5-4-20(13-22(23)35)34(36,37)38)31-26(30(25)50)43-47(44-31)21-6-9-39-18(2)12-21/h4-6,9,12-13,16-17,49H,7-8,10-11,14-15H2,1-3H3,(H,42,48)/t17-/m0/s1. The van der Waals surface area contributed by atoms with Crippen LogP contribution in [0, 0.1) is 13.8 Å². The average Bonchev–Trinajstić information content (AvgIpc) is 3.65. The summed E-state index contributed by atoms with van der Waals surface area (Å²) in [5.41, 5.74) is 0.771. The SMILES string of the molecule is Cc1cc(-n2nc3c(=O)c4c(n(CC(=O)Nc5ccc(C(F)(F)F)cc5Cl)c3n2)[C@@H](C)CC42CCN(C(=O)c3ncnc(C)c3O)CC2)ccn1. The minimum atomic E-state index is -4.61. The molecule has 17 heteroatoms. The van der Waals surface area contributed by atoms with E-state index in [0.29, 0.717) is 41.9 Å². The van der Waals surface area contributed by atoms with Gasteiger partial charge in [0.25, 0.3) is 5.91 Å². The Morgan fingerprint density at radius 2 is 1.82 bits per heavy atom. The van der Waals surface area contributed by atoms with Crippen molar-refractivity contribution < 1.29 is 27.9 Å². The van der Waals surface area contributed by atoms with E-state index in [2.05, 4.69) is 30.5 Å². The van der Waals surface area contributed by atoms with Crippen molar-refractivity contribution in [1.29, 1.82) is 0 Å². The van der Waals surface area contributed by atoms with Crippen molar-refractivity contribution in [3.05, 3.63) is 92.0 Å². The summed E-state index contributed by atoms with van der Waals surface area (Å²) in [5, 5.41) is 22.0. The lowest BCUT2D eigenvalue weighted by Crippen LogP contribution is -2.46. The summed E-state index contributed by atoms with van der Waals surface area (Å²) in [4.78, 5) is 56.5. The van der Waals surface area contributed by atoms with Gasteiger partial charge in [-0.2, -0.15) is 13.2 Å². The summed E-state index contributed by atoms with van der Waals surface area (Å²) in [6.07, 6.45) is -0.404. The van der Waals surface area contributed by atoms with Crippen molar-refractivity contribution in [2.45, 2.75) is 64.1 Å². The van der Waals surface area contributed by atoms with E-state index >= 15 is 0 Å². The Morgan fingerprint density at radius 3 is 2.51 bits per heavy atom. The molecule has 1 atom stereocenters. The third-order valence-electron chi connectivity index (χ3n) is 9.73. The predicted molar refractivity (Wildman–Crippen MR) is 179 cm³/mol. The van der Waals surface area contributed by atoms with E-state index in [-0.39, 0.29) is 70.0 Å². The van der Waals surface area contributed by atoms with Crippen molar-refractivity contribution in [3.63, 3.8) is 0 Å². The van der Waals surface area contributed by atoms with Gasteiger partial charge in [0.05, 0.1) is 27.7 Å². The second-order valence-corrected chi connectivity index (χ2v) is 13.5. The number of fused-ring (bicyclic) bond motifs is 3. The third kappa shape index (κ3) is 5.96. The monoisotopic (exact) mass is 721 g/mol. The second-order valence-electron chi connectivity index (χ2n) is 13.1. The fraction of sp³-hybridized carbons (Fsp3) is 0.353. The van der Waals surface area contributed by atoms with Crippen molar-refractivity contribution in [3.8, 4) is 11.4 Å². The molecule has 5 aromatic rings. The van der Waals surface area contributed by atoms with E-state index < -0.39 is 29.0 Å². The number of carbonyl (C=O) groups excluding carboxylic acids is 2. The van der Waals surface area contributed by atoms with Crippen LogP contribution in [0.15, 0.2) is 47.7 Å². The van der Waals surface area contributed by atoms with Gasteiger partial charge in [0.1, 0.15) is 12.9 Å². The normalized spacial score (nSPS) is 16.8. The second kappa shape index (κ2) is 12.4. The first-order valence-electron chi connectivity index (χ1n) is 16.1. The van der Waals surface area contributed by atoms with Crippen molar-refractivity contribution in [1.82, 2.24) is 39.4 Å². The number of carbonyl (C=O) groups is 2. The van der Waals surface area contributed by atoms with Gasteiger partial charge in [-0.25, -0.2) is 9.97 Å². The molecule has 0 saturated carbocycles. The van der Waals surface area contributed by atoms with Crippen LogP contribution in [0.5, 0.6) is 5.75 Å². The summed E-state index contributed by atoms with van der Waals surface area (Å²) in [6.45, 7) is 5.54. The summed E-state index contributed by atoms with van der Waals surface area (Å²) in [7, 11) is 0. The van der Waals surface area contributed by atoms with E-state index in [1.165, 1.54) is 11.1 Å². The summed E-state index contributed by atoms with van der Waals surface area (Å²) in [6, 6.07) is 6.09. The fourth-order valence-corrected chi connectivity index (χ4v) is 7.57. The molecule has 4 aromatic heterocycles. The smallest absolute Gasteiger partial charge is 0.416 e. The van der Waals surface area contributed by atoms with Gasteiger partial charge in [0, 0.05) is 41.7 Å².